The topological polar surface area (TPSA) is 43.4 Å². The van der Waals surface area contributed by atoms with Crippen molar-refractivity contribution in [3.63, 3.8) is 0 Å². The first kappa shape index (κ1) is 10.3. The Bertz CT molecular complexity index is 352. The molecule has 0 atom stereocenters. The van der Waals surface area contributed by atoms with Crippen LogP contribution < -0.4 is 0 Å². The first-order valence-electron chi connectivity index (χ1n) is 3.40. The molecule has 5 heteroatoms. The Morgan fingerprint density at radius 1 is 1.08 bits per heavy atom. The molecule has 3 nitrogen and oxygen atoms in total. The summed E-state index contributed by atoms with van der Waals surface area (Å²) in [5.41, 5.74) is 0.182. The van der Waals surface area contributed by atoms with Crippen molar-refractivity contribution in [2.24, 2.45) is 0 Å². The highest BCUT2D eigenvalue weighted by atomic mass is 35.5. The average Bonchev–Trinajstić information content (AvgIpc) is 2.13. The Labute approximate surface area is 85.0 Å². The van der Waals surface area contributed by atoms with Crippen molar-refractivity contribution in [1.29, 1.82) is 0 Å². The van der Waals surface area contributed by atoms with E-state index >= 15 is 0 Å². The average molecular weight is 221 g/mol. The van der Waals surface area contributed by atoms with E-state index in [1.165, 1.54) is 14.0 Å². The standard InChI is InChI=1S/C8H6Cl2O3/c1-3-6(11)4(9)5(10)7(12)8(3)13-2/h1-2H3. The van der Waals surface area contributed by atoms with Gasteiger partial charge in [-0.1, -0.05) is 23.2 Å². The van der Waals surface area contributed by atoms with Gasteiger partial charge < -0.3 is 4.74 Å². The molecule has 0 aromatic rings. The number of ketones is 2. The molecule has 1 aliphatic carbocycles. The molecule has 0 aliphatic heterocycles. The SMILES string of the molecule is COC1=C(C)C(=O)C(Cl)=C(Cl)C1=O. The van der Waals surface area contributed by atoms with E-state index in [9.17, 15) is 9.59 Å². The lowest BCUT2D eigenvalue weighted by atomic mass is 10.0. The van der Waals surface area contributed by atoms with Crippen LogP contribution in [-0.4, -0.2) is 18.7 Å². The summed E-state index contributed by atoms with van der Waals surface area (Å²) in [6, 6.07) is 0. The first-order valence-corrected chi connectivity index (χ1v) is 4.15. The maximum absolute atomic E-state index is 11.3. The molecule has 0 radical (unpaired) electrons. The number of carbonyl (C=O) groups excluding carboxylic acids is 2. The van der Waals surface area contributed by atoms with Crippen molar-refractivity contribution in [3.8, 4) is 0 Å². The second-order valence-corrected chi connectivity index (χ2v) is 3.20. The van der Waals surface area contributed by atoms with Crippen molar-refractivity contribution < 1.29 is 14.3 Å². The zero-order chi connectivity index (χ0) is 10.2. The van der Waals surface area contributed by atoms with Gasteiger partial charge in [0.2, 0.25) is 11.6 Å². The number of ether oxygens (including phenoxy) is 1. The number of allylic oxidation sites excluding steroid dienone is 3. The van der Waals surface area contributed by atoms with E-state index in [2.05, 4.69) is 0 Å². The van der Waals surface area contributed by atoms with Crippen molar-refractivity contribution in [3.05, 3.63) is 21.4 Å². The number of carbonyl (C=O) groups is 2. The van der Waals surface area contributed by atoms with Gasteiger partial charge in [0.15, 0.2) is 5.76 Å². The molecular formula is C8H6Cl2O3. The number of hydrogen-bond acceptors (Lipinski definition) is 3. The van der Waals surface area contributed by atoms with E-state index < -0.39 is 11.6 Å². The molecule has 1 aliphatic rings. The minimum absolute atomic E-state index is 0.0422. The van der Waals surface area contributed by atoms with Gasteiger partial charge in [0, 0.05) is 5.57 Å². The molecule has 13 heavy (non-hydrogen) atoms. The zero-order valence-electron chi connectivity index (χ0n) is 6.98. The van der Waals surface area contributed by atoms with Crippen LogP contribution in [0.15, 0.2) is 21.4 Å². The quantitative estimate of drug-likeness (QED) is 0.633. The molecular weight excluding hydrogens is 215 g/mol. The van der Waals surface area contributed by atoms with Crippen LogP contribution in [0.25, 0.3) is 0 Å². The van der Waals surface area contributed by atoms with Crippen LogP contribution in [0, 0.1) is 0 Å². The monoisotopic (exact) mass is 220 g/mol. The van der Waals surface area contributed by atoms with Gasteiger partial charge in [-0.25, -0.2) is 0 Å². The van der Waals surface area contributed by atoms with Gasteiger partial charge in [0.25, 0.3) is 0 Å². The molecule has 0 saturated heterocycles. The van der Waals surface area contributed by atoms with Crippen LogP contribution >= 0.6 is 23.2 Å². The highest BCUT2D eigenvalue weighted by Crippen LogP contribution is 2.29. The molecule has 0 spiro atoms. The highest BCUT2D eigenvalue weighted by molar-refractivity contribution is 6.58. The summed E-state index contributed by atoms with van der Waals surface area (Å²) in [4.78, 5) is 22.6. The van der Waals surface area contributed by atoms with Gasteiger partial charge in [0.1, 0.15) is 10.1 Å². The lowest BCUT2D eigenvalue weighted by molar-refractivity contribution is -0.118. The smallest absolute Gasteiger partial charge is 0.240 e. The molecule has 0 amide bonds. The summed E-state index contributed by atoms with van der Waals surface area (Å²) in [5, 5.41) is -0.529. The molecule has 0 fully saturated rings. The van der Waals surface area contributed by atoms with Gasteiger partial charge in [-0.2, -0.15) is 0 Å². The van der Waals surface area contributed by atoms with Crippen LogP contribution in [0.2, 0.25) is 0 Å². The Morgan fingerprint density at radius 3 is 2.00 bits per heavy atom. The number of methoxy groups -OCH3 is 1. The minimum Gasteiger partial charge on any atom is -0.492 e. The molecule has 0 bridgehead atoms. The fourth-order valence-electron chi connectivity index (χ4n) is 0.983. The number of Topliss-reactive ketones (excluding diaryl/α,β-unsaturated/α-hetero) is 2. The van der Waals surface area contributed by atoms with Crippen molar-refractivity contribution in [2.75, 3.05) is 7.11 Å². The molecule has 0 heterocycles. The number of hydrogen-bond donors (Lipinski definition) is 0. The van der Waals surface area contributed by atoms with Crippen molar-refractivity contribution in [2.45, 2.75) is 6.92 Å². The van der Waals surface area contributed by atoms with Crippen molar-refractivity contribution >= 4 is 34.8 Å². The van der Waals surface area contributed by atoms with E-state index in [-0.39, 0.29) is 21.4 Å². The molecule has 0 aromatic heterocycles. The Kier molecular flexibility index (Phi) is 2.78. The largest absolute Gasteiger partial charge is 0.492 e. The zero-order valence-corrected chi connectivity index (χ0v) is 8.49. The van der Waals surface area contributed by atoms with Gasteiger partial charge in [-0.3, -0.25) is 9.59 Å². The maximum Gasteiger partial charge on any atom is 0.240 e. The van der Waals surface area contributed by atoms with E-state index in [4.69, 9.17) is 27.9 Å². The van der Waals surface area contributed by atoms with E-state index in [0.29, 0.717) is 0 Å². The van der Waals surface area contributed by atoms with Crippen LogP contribution in [-0.2, 0) is 14.3 Å². The number of halogens is 2. The molecule has 0 saturated carbocycles. The molecule has 1 rings (SSSR count). The van der Waals surface area contributed by atoms with Crippen LogP contribution in [0.5, 0.6) is 0 Å². The van der Waals surface area contributed by atoms with E-state index in [0.717, 1.165) is 0 Å². The van der Waals surface area contributed by atoms with E-state index in [1.54, 1.807) is 0 Å². The minimum atomic E-state index is -0.550. The number of rotatable bonds is 1. The van der Waals surface area contributed by atoms with Crippen LogP contribution in [0.3, 0.4) is 0 Å². The third kappa shape index (κ3) is 1.49. The Hall–Kier alpha value is -0.800. The molecule has 0 aromatic carbocycles. The lowest BCUT2D eigenvalue weighted by Crippen LogP contribution is -2.19. The van der Waals surface area contributed by atoms with E-state index in [1.807, 2.05) is 0 Å². The summed E-state index contributed by atoms with van der Waals surface area (Å²) in [6.45, 7) is 1.46. The summed E-state index contributed by atoms with van der Waals surface area (Å²) >= 11 is 11.0. The third-order valence-electron chi connectivity index (χ3n) is 1.68. The van der Waals surface area contributed by atoms with Crippen LogP contribution in [0.1, 0.15) is 6.92 Å². The summed E-state index contributed by atoms with van der Waals surface area (Å²) < 4.78 is 4.74. The van der Waals surface area contributed by atoms with Gasteiger partial charge in [-0.05, 0) is 6.92 Å². The molecule has 0 unspecified atom stereocenters. The maximum atomic E-state index is 11.3. The predicted octanol–water partition coefficient (Wildman–Crippen LogP) is 1.75. The Morgan fingerprint density at radius 2 is 1.54 bits per heavy atom. The fourth-order valence-corrected chi connectivity index (χ4v) is 1.38. The fraction of sp³-hybridized carbons (Fsp3) is 0.250. The molecule has 70 valence electrons. The molecule has 0 N–H and O–H groups in total. The normalized spacial score (nSPS) is 18.5. The van der Waals surface area contributed by atoms with Gasteiger partial charge in [-0.15, -0.1) is 0 Å². The van der Waals surface area contributed by atoms with Crippen molar-refractivity contribution in [1.82, 2.24) is 0 Å². The van der Waals surface area contributed by atoms with Gasteiger partial charge in [0.05, 0.1) is 7.11 Å². The Balaban J connectivity index is 3.29. The van der Waals surface area contributed by atoms with Crippen LogP contribution in [0.4, 0.5) is 0 Å². The lowest BCUT2D eigenvalue weighted by Gasteiger charge is -2.14. The third-order valence-corrected chi connectivity index (χ3v) is 2.50. The highest BCUT2D eigenvalue weighted by Gasteiger charge is 2.31. The first-order chi connectivity index (χ1) is 6.00. The summed E-state index contributed by atoms with van der Waals surface area (Å²) in [7, 11) is 1.30. The second kappa shape index (κ2) is 3.52. The summed E-state index contributed by atoms with van der Waals surface area (Å²) in [5.74, 6) is -1.06. The predicted molar refractivity (Wildman–Crippen MR) is 48.5 cm³/mol. The summed E-state index contributed by atoms with van der Waals surface area (Å²) in [6.07, 6.45) is 0. The second-order valence-electron chi connectivity index (χ2n) is 2.44. The van der Waals surface area contributed by atoms with Gasteiger partial charge >= 0.3 is 0 Å².